The summed E-state index contributed by atoms with van der Waals surface area (Å²) < 4.78 is 14.1. The van der Waals surface area contributed by atoms with Crippen molar-refractivity contribution < 1.29 is 14.0 Å². The van der Waals surface area contributed by atoms with Crippen molar-refractivity contribution in [1.29, 1.82) is 0 Å². The summed E-state index contributed by atoms with van der Waals surface area (Å²) in [7, 11) is 0. The molecule has 1 amide bonds. The number of pyridine rings is 1. The van der Waals surface area contributed by atoms with Crippen molar-refractivity contribution in [3.05, 3.63) is 100 Å². The SMILES string of the molecule is CC(=O)NN1OC(c2ccccc2Cl)=C(c2ccncc2)C1c1ccc(F)c(CN)c1. The number of carbonyl (C=O) groups excluding carboxylic acids is 1. The molecule has 8 heteroatoms. The van der Waals surface area contributed by atoms with Crippen molar-refractivity contribution in [2.75, 3.05) is 0 Å². The lowest BCUT2D eigenvalue weighted by Crippen LogP contribution is -2.40. The molecule has 3 N–H and O–H groups in total. The lowest BCUT2D eigenvalue weighted by molar-refractivity contribution is -0.159. The van der Waals surface area contributed by atoms with Gasteiger partial charge in [-0.1, -0.05) is 29.8 Å². The molecule has 0 saturated carbocycles. The van der Waals surface area contributed by atoms with Gasteiger partial charge in [0.1, 0.15) is 11.9 Å². The molecule has 1 atom stereocenters. The summed E-state index contributed by atoms with van der Waals surface area (Å²) in [4.78, 5) is 22.2. The van der Waals surface area contributed by atoms with Crippen LogP contribution in [0.25, 0.3) is 11.3 Å². The highest BCUT2D eigenvalue weighted by molar-refractivity contribution is 6.32. The number of hydrogen-bond acceptors (Lipinski definition) is 5. The van der Waals surface area contributed by atoms with Gasteiger partial charge in [-0.3, -0.25) is 15.2 Å². The van der Waals surface area contributed by atoms with Gasteiger partial charge in [-0.2, -0.15) is 0 Å². The largest absolute Gasteiger partial charge is 0.384 e. The maximum Gasteiger partial charge on any atom is 0.233 e. The van der Waals surface area contributed by atoms with Crippen LogP contribution < -0.4 is 11.2 Å². The molecule has 0 radical (unpaired) electrons. The molecular formula is C23H20ClFN4O2. The number of hydrogen-bond donors (Lipinski definition) is 2. The maximum absolute atomic E-state index is 14.1. The second kappa shape index (κ2) is 8.85. The van der Waals surface area contributed by atoms with Crippen LogP contribution in [0.4, 0.5) is 4.39 Å². The lowest BCUT2D eigenvalue weighted by Gasteiger charge is -2.25. The fraction of sp³-hybridized carbons (Fsp3) is 0.130. The number of benzene rings is 2. The zero-order valence-electron chi connectivity index (χ0n) is 16.7. The molecular weight excluding hydrogens is 419 g/mol. The number of nitrogens with zero attached hydrogens (tertiary/aromatic N) is 2. The van der Waals surface area contributed by atoms with Gasteiger partial charge in [-0.05, 0) is 52.7 Å². The first-order chi connectivity index (χ1) is 15.0. The van der Waals surface area contributed by atoms with Crippen LogP contribution in [0.1, 0.15) is 35.2 Å². The van der Waals surface area contributed by atoms with E-state index in [0.717, 1.165) is 11.1 Å². The summed E-state index contributed by atoms with van der Waals surface area (Å²) in [6.45, 7) is 1.43. The second-order valence-corrected chi connectivity index (χ2v) is 7.41. The van der Waals surface area contributed by atoms with Crippen LogP contribution in [0.2, 0.25) is 5.02 Å². The van der Waals surface area contributed by atoms with E-state index in [2.05, 4.69) is 10.4 Å². The molecule has 1 aliphatic rings. The van der Waals surface area contributed by atoms with Crippen molar-refractivity contribution in [2.45, 2.75) is 19.5 Å². The number of rotatable bonds is 5. The van der Waals surface area contributed by atoms with Gasteiger partial charge in [-0.15, -0.1) is 0 Å². The van der Waals surface area contributed by atoms with Gasteiger partial charge < -0.3 is 10.6 Å². The molecule has 158 valence electrons. The Bertz CT molecular complexity index is 1150. The molecule has 2 heterocycles. The molecule has 1 aliphatic heterocycles. The van der Waals surface area contributed by atoms with Gasteiger partial charge in [0.05, 0.1) is 5.02 Å². The molecule has 1 unspecified atom stereocenters. The average molecular weight is 439 g/mol. The Balaban J connectivity index is 1.96. The summed E-state index contributed by atoms with van der Waals surface area (Å²) in [5.41, 5.74) is 11.7. The molecule has 0 spiro atoms. The number of amides is 1. The van der Waals surface area contributed by atoms with Crippen molar-refractivity contribution in [3.63, 3.8) is 0 Å². The Hall–Kier alpha value is -3.26. The summed E-state index contributed by atoms with van der Waals surface area (Å²) in [6, 6.07) is 15.1. The molecule has 3 aromatic rings. The van der Waals surface area contributed by atoms with E-state index in [-0.39, 0.29) is 12.5 Å². The van der Waals surface area contributed by atoms with E-state index in [0.29, 0.717) is 27.5 Å². The van der Waals surface area contributed by atoms with Gasteiger partial charge in [0.25, 0.3) is 0 Å². The van der Waals surface area contributed by atoms with Crippen molar-refractivity contribution in [1.82, 2.24) is 15.6 Å². The average Bonchev–Trinajstić information content (AvgIpc) is 3.13. The van der Waals surface area contributed by atoms with Crippen LogP contribution in [0.5, 0.6) is 0 Å². The van der Waals surface area contributed by atoms with Gasteiger partial charge >= 0.3 is 0 Å². The first kappa shape index (κ1) is 21.0. The highest BCUT2D eigenvalue weighted by Gasteiger charge is 2.39. The number of hydroxylamine groups is 1. The van der Waals surface area contributed by atoms with E-state index < -0.39 is 11.9 Å². The quantitative estimate of drug-likeness (QED) is 0.622. The van der Waals surface area contributed by atoms with E-state index >= 15 is 0 Å². The molecule has 0 fully saturated rings. The van der Waals surface area contributed by atoms with Crippen molar-refractivity contribution >= 4 is 28.8 Å². The van der Waals surface area contributed by atoms with Crippen LogP contribution in [0.15, 0.2) is 67.0 Å². The van der Waals surface area contributed by atoms with Crippen LogP contribution in [0.3, 0.4) is 0 Å². The molecule has 0 aliphatic carbocycles. The van der Waals surface area contributed by atoms with Gasteiger partial charge in [0, 0.05) is 42.6 Å². The first-order valence-corrected chi connectivity index (χ1v) is 9.99. The number of nitrogens with two attached hydrogens (primary N) is 1. The van der Waals surface area contributed by atoms with Gasteiger partial charge in [0.15, 0.2) is 5.76 Å². The smallest absolute Gasteiger partial charge is 0.233 e. The number of halogens is 2. The number of aromatic nitrogens is 1. The number of hydrazine groups is 1. The van der Waals surface area contributed by atoms with E-state index in [4.69, 9.17) is 22.2 Å². The van der Waals surface area contributed by atoms with E-state index in [1.807, 2.05) is 30.3 Å². The molecule has 31 heavy (non-hydrogen) atoms. The van der Waals surface area contributed by atoms with Crippen molar-refractivity contribution in [3.8, 4) is 0 Å². The lowest BCUT2D eigenvalue weighted by atomic mass is 9.90. The summed E-state index contributed by atoms with van der Waals surface area (Å²) in [5.74, 6) is -0.230. The van der Waals surface area contributed by atoms with Crippen LogP contribution >= 0.6 is 11.6 Å². The van der Waals surface area contributed by atoms with Gasteiger partial charge in [-0.25, -0.2) is 4.39 Å². The van der Waals surface area contributed by atoms with E-state index in [1.54, 1.807) is 30.6 Å². The third-order valence-corrected chi connectivity index (χ3v) is 5.25. The highest BCUT2D eigenvalue weighted by Crippen LogP contribution is 2.47. The third-order valence-electron chi connectivity index (χ3n) is 4.93. The molecule has 2 aromatic carbocycles. The van der Waals surface area contributed by atoms with E-state index in [1.165, 1.54) is 18.2 Å². The Labute approximate surface area is 184 Å². The standard InChI is InChI=1S/C23H20ClFN4O2/c1-14(30)28-29-22(16-6-7-20(25)17(12-16)13-26)21(15-8-10-27-11-9-15)23(31-29)18-4-2-3-5-19(18)24/h2-12,22H,13,26H2,1H3,(H,28,30). The summed E-state index contributed by atoms with van der Waals surface area (Å²) >= 11 is 6.47. The van der Waals surface area contributed by atoms with Crippen molar-refractivity contribution in [2.24, 2.45) is 5.73 Å². The predicted octanol–water partition coefficient (Wildman–Crippen LogP) is 4.24. The van der Waals surface area contributed by atoms with Gasteiger partial charge in [0.2, 0.25) is 5.91 Å². The Morgan fingerprint density at radius 1 is 1.23 bits per heavy atom. The topological polar surface area (TPSA) is 80.5 Å². The normalized spacial score (nSPS) is 16.3. The monoisotopic (exact) mass is 438 g/mol. The third kappa shape index (κ3) is 4.16. The summed E-state index contributed by atoms with van der Waals surface area (Å²) in [6.07, 6.45) is 3.33. The fourth-order valence-corrected chi connectivity index (χ4v) is 3.79. The second-order valence-electron chi connectivity index (χ2n) is 7.00. The molecule has 6 nitrogen and oxygen atoms in total. The highest BCUT2D eigenvalue weighted by atomic mass is 35.5. The first-order valence-electron chi connectivity index (χ1n) is 9.62. The fourth-order valence-electron chi connectivity index (χ4n) is 3.57. The zero-order chi connectivity index (χ0) is 22.0. The molecule has 0 bridgehead atoms. The minimum Gasteiger partial charge on any atom is -0.384 e. The Morgan fingerprint density at radius 3 is 2.65 bits per heavy atom. The summed E-state index contributed by atoms with van der Waals surface area (Å²) in [5, 5.41) is 1.85. The van der Waals surface area contributed by atoms with E-state index in [9.17, 15) is 9.18 Å². The molecule has 0 saturated heterocycles. The number of nitrogens with one attached hydrogen (secondary N) is 1. The minimum absolute atomic E-state index is 0.0407. The molecule has 1 aromatic heterocycles. The maximum atomic E-state index is 14.1. The predicted molar refractivity (Wildman–Crippen MR) is 116 cm³/mol. The Morgan fingerprint density at radius 2 is 1.97 bits per heavy atom. The zero-order valence-corrected chi connectivity index (χ0v) is 17.4. The Kier molecular flexibility index (Phi) is 5.99. The molecule has 4 rings (SSSR count). The minimum atomic E-state index is -0.580. The van der Waals surface area contributed by atoms with Crippen LogP contribution in [-0.2, 0) is 16.2 Å². The number of carbonyl (C=O) groups is 1. The van der Waals surface area contributed by atoms with Crippen LogP contribution in [0, 0.1) is 5.82 Å². The van der Waals surface area contributed by atoms with Crippen LogP contribution in [-0.4, -0.2) is 16.1 Å².